The van der Waals surface area contributed by atoms with Crippen LogP contribution in [0.1, 0.15) is 45.9 Å². The standard InChI is InChI=1S/C31H29NOS/c1-18(2)12-22-14-20-16-28-25(17-27(20)33-22)24-10-11-32-29(30(24)34-28)21-13-19-8-6-7-9-23(19)26(15-21)31(3,4)5/h6-11,13-18H,12H2,1-5H3. The summed E-state index contributed by atoms with van der Waals surface area (Å²) >= 11 is 1.84. The monoisotopic (exact) mass is 463 g/mol. The van der Waals surface area contributed by atoms with E-state index in [0.717, 1.165) is 23.5 Å². The van der Waals surface area contributed by atoms with Crippen LogP contribution in [0.3, 0.4) is 0 Å². The van der Waals surface area contributed by atoms with E-state index in [9.17, 15) is 0 Å². The molecule has 0 bridgehead atoms. The summed E-state index contributed by atoms with van der Waals surface area (Å²) in [6, 6.07) is 22.2. The van der Waals surface area contributed by atoms with Crippen molar-refractivity contribution in [1.29, 1.82) is 0 Å². The van der Waals surface area contributed by atoms with Gasteiger partial charge in [0.15, 0.2) is 0 Å². The molecule has 3 aromatic heterocycles. The van der Waals surface area contributed by atoms with Crippen LogP contribution in [0.15, 0.2) is 71.3 Å². The molecule has 34 heavy (non-hydrogen) atoms. The maximum Gasteiger partial charge on any atom is 0.134 e. The number of fused-ring (bicyclic) bond motifs is 5. The summed E-state index contributed by atoms with van der Waals surface area (Å²) in [7, 11) is 0. The van der Waals surface area contributed by atoms with E-state index in [1.807, 2.05) is 17.5 Å². The third kappa shape index (κ3) is 3.50. The molecule has 6 rings (SSSR count). The molecule has 6 aromatic rings. The van der Waals surface area contributed by atoms with Crippen molar-refractivity contribution in [1.82, 2.24) is 4.98 Å². The highest BCUT2D eigenvalue weighted by Gasteiger charge is 2.20. The topological polar surface area (TPSA) is 26.0 Å². The summed E-state index contributed by atoms with van der Waals surface area (Å²) < 4.78 is 8.73. The van der Waals surface area contributed by atoms with E-state index in [0.29, 0.717) is 5.92 Å². The maximum atomic E-state index is 6.21. The largest absolute Gasteiger partial charge is 0.461 e. The lowest BCUT2D eigenvalue weighted by Crippen LogP contribution is -2.12. The molecule has 0 aliphatic heterocycles. The molecule has 3 heterocycles. The Morgan fingerprint density at radius 2 is 1.71 bits per heavy atom. The van der Waals surface area contributed by atoms with Crippen LogP contribution in [0.4, 0.5) is 0 Å². The highest BCUT2D eigenvalue weighted by molar-refractivity contribution is 7.26. The number of benzene rings is 3. The zero-order chi connectivity index (χ0) is 23.6. The molecule has 0 spiro atoms. The molecule has 3 aromatic carbocycles. The maximum absolute atomic E-state index is 6.21. The van der Waals surface area contributed by atoms with Crippen molar-refractivity contribution in [2.45, 2.75) is 46.5 Å². The molecule has 0 saturated carbocycles. The van der Waals surface area contributed by atoms with Crippen LogP contribution in [0.25, 0.3) is 53.2 Å². The minimum absolute atomic E-state index is 0.0435. The molecule has 0 fully saturated rings. The van der Waals surface area contributed by atoms with Crippen molar-refractivity contribution < 1.29 is 4.42 Å². The highest BCUT2D eigenvalue weighted by Crippen LogP contribution is 2.42. The fourth-order valence-corrected chi connectivity index (χ4v) is 6.31. The number of thiophene rings is 1. The number of hydrogen-bond donors (Lipinski definition) is 0. The minimum atomic E-state index is 0.0435. The van der Waals surface area contributed by atoms with E-state index >= 15 is 0 Å². The lowest BCUT2D eigenvalue weighted by atomic mass is 9.82. The molecule has 0 unspecified atom stereocenters. The average Bonchev–Trinajstić information content (AvgIpc) is 3.34. The lowest BCUT2D eigenvalue weighted by Gasteiger charge is -2.22. The van der Waals surface area contributed by atoms with Crippen LogP contribution in [0, 0.1) is 5.92 Å². The van der Waals surface area contributed by atoms with Gasteiger partial charge in [0.2, 0.25) is 0 Å². The van der Waals surface area contributed by atoms with Gasteiger partial charge in [0.25, 0.3) is 0 Å². The van der Waals surface area contributed by atoms with Gasteiger partial charge < -0.3 is 4.42 Å². The molecule has 0 aliphatic rings. The van der Waals surface area contributed by atoms with E-state index in [2.05, 4.69) is 95.3 Å². The molecule has 0 aliphatic carbocycles. The molecule has 2 nitrogen and oxygen atoms in total. The smallest absolute Gasteiger partial charge is 0.134 e. The second-order valence-corrected chi connectivity index (χ2v) is 11.9. The fourth-order valence-electron chi connectivity index (χ4n) is 5.07. The van der Waals surface area contributed by atoms with Gasteiger partial charge in [-0.05, 0) is 64.1 Å². The van der Waals surface area contributed by atoms with Crippen molar-refractivity contribution in [2.24, 2.45) is 5.92 Å². The third-order valence-corrected chi connectivity index (χ3v) is 7.80. The summed E-state index contributed by atoms with van der Waals surface area (Å²) in [5, 5.41) is 6.27. The van der Waals surface area contributed by atoms with Crippen LogP contribution in [-0.2, 0) is 11.8 Å². The number of rotatable bonds is 3. The summed E-state index contributed by atoms with van der Waals surface area (Å²) in [5.74, 6) is 1.65. The van der Waals surface area contributed by atoms with Crippen LogP contribution >= 0.6 is 11.3 Å². The Morgan fingerprint density at radius 3 is 2.50 bits per heavy atom. The van der Waals surface area contributed by atoms with Crippen molar-refractivity contribution >= 4 is 53.3 Å². The third-order valence-electron chi connectivity index (χ3n) is 6.63. The Hall–Kier alpha value is -3.17. The zero-order valence-electron chi connectivity index (χ0n) is 20.4. The molecular weight excluding hydrogens is 434 g/mol. The molecule has 0 N–H and O–H groups in total. The van der Waals surface area contributed by atoms with E-state index in [-0.39, 0.29) is 5.41 Å². The minimum Gasteiger partial charge on any atom is -0.461 e. The number of hydrogen-bond acceptors (Lipinski definition) is 3. The summed E-state index contributed by atoms with van der Waals surface area (Å²) in [6.07, 6.45) is 2.92. The number of aromatic nitrogens is 1. The molecule has 0 atom stereocenters. The quantitative estimate of drug-likeness (QED) is 0.261. The van der Waals surface area contributed by atoms with Crippen LogP contribution in [-0.4, -0.2) is 4.98 Å². The SMILES string of the molecule is CC(C)Cc1cc2cc3sc4c(-c5cc(C(C)(C)C)c6ccccc6c5)nccc4c3cc2o1. The van der Waals surface area contributed by atoms with Crippen molar-refractivity contribution in [3.8, 4) is 11.3 Å². The highest BCUT2D eigenvalue weighted by atomic mass is 32.1. The summed E-state index contributed by atoms with van der Waals surface area (Å²) in [6.45, 7) is 11.3. The summed E-state index contributed by atoms with van der Waals surface area (Å²) in [5.41, 5.74) is 4.62. The lowest BCUT2D eigenvalue weighted by molar-refractivity contribution is 0.500. The van der Waals surface area contributed by atoms with E-state index in [4.69, 9.17) is 9.40 Å². The number of furan rings is 1. The van der Waals surface area contributed by atoms with Crippen molar-refractivity contribution in [3.05, 3.63) is 78.2 Å². The van der Waals surface area contributed by atoms with Gasteiger partial charge in [-0.3, -0.25) is 4.98 Å². The van der Waals surface area contributed by atoms with Gasteiger partial charge in [-0.25, -0.2) is 0 Å². The van der Waals surface area contributed by atoms with E-state index < -0.39 is 0 Å². The van der Waals surface area contributed by atoms with E-state index in [1.165, 1.54) is 47.5 Å². The van der Waals surface area contributed by atoms with Gasteiger partial charge in [-0.15, -0.1) is 11.3 Å². The molecule has 170 valence electrons. The first-order valence-corrected chi connectivity index (χ1v) is 12.9. The first-order chi connectivity index (χ1) is 16.3. The van der Waals surface area contributed by atoms with E-state index in [1.54, 1.807) is 0 Å². The van der Waals surface area contributed by atoms with Crippen LogP contribution < -0.4 is 0 Å². The molecule has 0 radical (unpaired) electrons. The predicted octanol–water partition coefficient (Wildman–Crippen LogP) is 9.51. The number of nitrogens with zero attached hydrogens (tertiary/aromatic N) is 1. The molecular formula is C31H29NOS. The Labute approximate surface area is 204 Å². The Bertz CT molecular complexity index is 1690. The molecule has 0 amide bonds. The average molecular weight is 464 g/mol. The van der Waals surface area contributed by atoms with Gasteiger partial charge >= 0.3 is 0 Å². The molecule has 3 heteroatoms. The first kappa shape index (κ1) is 21.4. The van der Waals surface area contributed by atoms with Gasteiger partial charge in [-0.2, -0.15) is 0 Å². The van der Waals surface area contributed by atoms with Crippen molar-refractivity contribution in [2.75, 3.05) is 0 Å². The predicted molar refractivity (Wildman–Crippen MR) is 147 cm³/mol. The fraction of sp³-hybridized carbons (Fsp3) is 0.258. The second-order valence-electron chi connectivity index (χ2n) is 10.8. The van der Waals surface area contributed by atoms with Gasteiger partial charge in [0.05, 0.1) is 10.4 Å². The van der Waals surface area contributed by atoms with Crippen LogP contribution in [0.2, 0.25) is 0 Å². The normalized spacial score (nSPS) is 12.6. The van der Waals surface area contributed by atoms with Gasteiger partial charge in [-0.1, -0.05) is 58.9 Å². The zero-order valence-corrected chi connectivity index (χ0v) is 21.2. The van der Waals surface area contributed by atoms with Crippen LogP contribution in [0.5, 0.6) is 0 Å². The molecule has 0 saturated heterocycles. The van der Waals surface area contributed by atoms with Crippen molar-refractivity contribution in [3.63, 3.8) is 0 Å². The Kier molecular flexibility index (Phi) is 4.82. The van der Waals surface area contributed by atoms with Gasteiger partial charge in [0.1, 0.15) is 11.3 Å². The number of pyridine rings is 1. The second kappa shape index (κ2) is 7.68. The first-order valence-electron chi connectivity index (χ1n) is 12.1. The van der Waals surface area contributed by atoms with Gasteiger partial charge in [0, 0.05) is 39.0 Å². The Morgan fingerprint density at radius 1 is 0.882 bits per heavy atom. The summed E-state index contributed by atoms with van der Waals surface area (Å²) in [4.78, 5) is 4.89. The Balaban J connectivity index is 1.58.